The standard InChI is InChI=1S/C19H29NO3/c21-17(1-2-18(22)23)20-5-3-16(4-6-20)19-10-13-7-14(11-19)9-15(8-13)12-19/h13-16H,1-12H2,(H,22,23). The molecule has 0 unspecified atom stereocenters. The van der Waals surface area contributed by atoms with Crippen molar-refractivity contribution in [2.45, 2.75) is 64.2 Å². The van der Waals surface area contributed by atoms with Gasteiger partial charge in [0.2, 0.25) is 5.91 Å². The zero-order valence-corrected chi connectivity index (χ0v) is 14.0. The molecule has 4 heteroatoms. The number of carbonyl (C=O) groups excluding carboxylic acids is 1. The first-order chi connectivity index (χ1) is 11.0. The van der Waals surface area contributed by atoms with Crippen LogP contribution >= 0.6 is 0 Å². The molecule has 1 saturated heterocycles. The molecular formula is C19H29NO3. The second-order valence-electron chi connectivity index (χ2n) is 8.83. The van der Waals surface area contributed by atoms with Crippen molar-refractivity contribution in [3.63, 3.8) is 0 Å². The number of hydrogen-bond donors (Lipinski definition) is 1. The molecule has 5 aliphatic rings. The van der Waals surface area contributed by atoms with Crippen molar-refractivity contribution in [2.75, 3.05) is 13.1 Å². The van der Waals surface area contributed by atoms with Crippen LogP contribution in [0.2, 0.25) is 0 Å². The number of likely N-dealkylation sites (tertiary alicyclic amines) is 1. The molecule has 0 aromatic heterocycles. The van der Waals surface area contributed by atoms with Gasteiger partial charge in [0.25, 0.3) is 0 Å². The highest BCUT2D eigenvalue weighted by atomic mass is 16.4. The summed E-state index contributed by atoms with van der Waals surface area (Å²) in [4.78, 5) is 24.7. The Morgan fingerprint density at radius 1 is 0.913 bits per heavy atom. The van der Waals surface area contributed by atoms with E-state index >= 15 is 0 Å². The van der Waals surface area contributed by atoms with Crippen LogP contribution in [0, 0.1) is 29.1 Å². The average Bonchev–Trinajstić information content (AvgIpc) is 2.51. The predicted molar refractivity (Wildman–Crippen MR) is 86.8 cm³/mol. The van der Waals surface area contributed by atoms with Crippen LogP contribution in [0.1, 0.15) is 64.2 Å². The summed E-state index contributed by atoms with van der Waals surface area (Å²) in [5.41, 5.74) is 0.602. The largest absolute Gasteiger partial charge is 0.481 e. The Hall–Kier alpha value is -1.06. The number of hydrogen-bond acceptors (Lipinski definition) is 2. The number of carboxylic acids is 1. The molecule has 4 aliphatic carbocycles. The summed E-state index contributed by atoms with van der Waals surface area (Å²) in [7, 11) is 0. The summed E-state index contributed by atoms with van der Waals surface area (Å²) in [6.07, 6.45) is 11.3. The summed E-state index contributed by atoms with van der Waals surface area (Å²) >= 11 is 0. The van der Waals surface area contributed by atoms with Gasteiger partial charge in [-0.1, -0.05) is 0 Å². The summed E-state index contributed by atoms with van der Waals surface area (Å²) in [6.45, 7) is 1.70. The first kappa shape index (κ1) is 15.5. The van der Waals surface area contributed by atoms with Gasteiger partial charge in [0.15, 0.2) is 0 Å². The smallest absolute Gasteiger partial charge is 0.303 e. The van der Waals surface area contributed by atoms with Gasteiger partial charge in [-0.3, -0.25) is 9.59 Å². The van der Waals surface area contributed by atoms with E-state index in [4.69, 9.17) is 5.11 Å². The lowest BCUT2D eigenvalue weighted by Gasteiger charge is -2.60. The third kappa shape index (κ3) is 2.89. The van der Waals surface area contributed by atoms with Gasteiger partial charge in [-0.15, -0.1) is 0 Å². The molecule has 1 N–H and O–H groups in total. The molecule has 0 radical (unpaired) electrons. The van der Waals surface area contributed by atoms with Gasteiger partial charge < -0.3 is 10.0 Å². The first-order valence-electron chi connectivity index (χ1n) is 9.54. The fourth-order valence-electron chi connectivity index (χ4n) is 6.79. The SMILES string of the molecule is O=C(O)CCC(=O)N1CCC(C23CC4CC(CC(C4)C2)C3)CC1. The molecule has 23 heavy (non-hydrogen) atoms. The molecule has 0 aromatic carbocycles. The fraction of sp³-hybridized carbons (Fsp3) is 0.895. The van der Waals surface area contributed by atoms with Gasteiger partial charge in [0.1, 0.15) is 0 Å². The highest BCUT2D eigenvalue weighted by Gasteiger charge is 2.54. The molecular weight excluding hydrogens is 290 g/mol. The molecule has 1 amide bonds. The van der Waals surface area contributed by atoms with Crippen molar-refractivity contribution >= 4 is 11.9 Å². The number of aliphatic carboxylic acids is 1. The van der Waals surface area contributed by atoms with E-state index in [1.165, 1.54) is 38.5 Å². The van der Waals surface area contributed by atoms with E-state index in [9.17, 15) is 9.59 Å². The van der Waals surface area contributed by atoms with Gasteiger partial charge in [-0.25, -0.2) is 0 Å². The maximum absolute atomic E-state index is 12.1. The third-order valence-corrected chi connectivity index (χ3v) is 7.35. The van der Waals surface area contributed by atoms with Crippen LogP contribution in [0.4, 0.5) is 0 Å². The van der Waals surface area contributed by atoms with Crippen molar-refractivity contribution < 1.29 is 14.7 Å². The molecule has 4 bridgehead atoms. The summed E-state index contributed by atoms with van der Waals surface area (Å²) < 4.78 is 0. The molecule has 4 saturated carbocycles. The van der Waals surface area contributed by atoms with E-state index in [0.717, 1.165) is 49.6 Å². The first-order valence-corrected chi connectivity index (χ1v) is 9.54. The third-order valence-electron chi connectivity index (χ3n) is 7.35. The van der Waals surface area contributed by atoms with Crippen LogP contribution in [0.15, 0.2) is 0 Å². The van der Waals surface area contributed by atoms with Crippen LogP contribution in [0.5, 0.6) is 0 Å². The molecule has 128 valence electrons. The van der Waals surface area contributed by atoms with E-state index < -0.39 is 5.97 Å². The quantitative estimate of drug-likeness (QED) is 0.865. The Morgan fingerprint density at radius 3 is 1.91 bits per heavy atom. The average molecular weight is 319 g/mol. The number of rotatable bonds is 4. The molecule has 0 spiro atoms. The molecule has 1 heterocycles. The van der Waals surface area contributed by atoms with E-state index in [0.29, 0.717) is 5.41 Å². The highest BCUT2D eigenvalue weighted by molar-refractivity contribution is 5.80. The van der Waals surface area contributed by atoms with Crippen molar-refractivity contribution in [1.29, 1.82) is 0 Å². The number of amides is 1. The number of carbonyl (C=O) groups is 2. The van der Waals surface area contributed by atoms with Gasteiger partial charge >= 0.3 is 5.97 Å². The topological polar surface area (TPSA) is 57.6 Å². The second kappa shape index (κ2) is 5.78. The Balaban J connectivity index is 1.35. The number of piperidine rings is 1. The van der Waals surface area contributed by atoms with Gasteiger partial charge in [0.05, 0.1) is 6.42 Å². The summed E-state index contributed by atoms with van der Waals surface area (Å²) in [5, 5.41) is 8.73. The minimum atomic E-state index is -0.873. The number of carboxylic acid groups (broad SMARTS) is 1. The van der Waals surface area contributed by atoms with Crippen LogP contribution in [0.3, 0.4) is 0 Å². The van der Waals surface area contributed by atoms with Crippen molar-refractivity contribution in [3.8, 4) is 0 Å². The van der Waals surface area contributed by atoms with Crippen LogP contribution < -0.4 is 0 Å². The van der Waals surface area contributed by atoms with Gasteiger partial charge in [-0.2, -0.15) is 0 Å². The molecule has 5 rings (SSSR count). The van der Waals surface area contributed by atoms with Crippen molar-refractivity contribution in [1.82, 2.24) is 4.90 Å². The van der Waals surface area contributed by atoms with E-state index in [1.54, 1.807) is 0 Å². The fourth-order valence-corrected chi connectivity index (χ4v) is 6.79. The second-order valence-corrected chi connectivity index (χ2v) is 8.83. The molecule has 0 atom stereocenters. The minimum absolute atomic E-state index is 0.0340. The lowest BCUT2D eigenvalue weighted by molar-refractivity contribution is -0.142. The zero-order valence-electron chi connectivity index (χ0n) is 14.0. The van der Waals surface area contributed by atoms with Crippen molar-refractivity contribution in [3.05, 3.63) is 0 Å². The van der Waals surface area contributed by atoms with Gasteiger partial charge in [0, 0.05) is 19.5 Å². The van der Waals surface area contributed by atoms with Gasteiger partial charge in [-0.05, 0) is 80.5 Å². The van der Waals surface area contributed by atoms with E-state index in [1.807, 2.05) is 4.90 Å². The monoisotopic (exact) mass is 319 g/mol. The van der Waals surface area contributed by atoms with Crippen LogP contribution in [-0.4, -0.2) is 35.0 Å². The van der Waals surface area contributed by atoms with Crippen molar-refractivity contribution in [2.24, 2.45) is 29.1 Å². The maximum Gasteiger partial charge on any atom is 0.303 e. The molecule has 5 fully saturated rings. The normalized spacial score (nSPS) is 39.7. The van der Waals surface area contributed by atoms with Crippen LogP contribution in [0.25, 0.3) is 0 Å². The molecule has 0 aromatic rings. The van der Waals surface area contributed by atoms with E-state index in [-0.39, 0.29) is 18.7 Å². The zero-order chi connectivity index (χ0) is 16.0. The molecule has 1 aliphatic heterocycles. The Morgan fingerprint density at radius 2 is 1.43 bits per heavy atom. The van der Waals surface area contributed by atoms with E-state index in [2.05, 4.69) is 0 Å². The summed E-state index contributed by atoms with van der Waals surface area (Å²) in [6, 6.07) is 0. The Bertz CT molecular complexity index is 458. The Labute approximate surface area is 138 Å². The van der Waals surface area contributed by atoms with Crippen LogP contribution in [-0.2, 0) is 9.59 Å². The molecule has 4 nitrogen and oxygen atoms in total. The maximum atomic E-state index is 12.1. The highest BCUT2D eigenvalue weighted by Crippen LogP contribution is 2.64. The Kier molecular flexibility index (Phi) is 3.89. The number of nitrogens with zero attached hydrogens (tertiary/aromatic N) is 1. The lowest BCUT2D eigenvalue weighted by atomic mass is 9.45. The predicted octanol–water partition coefficient (Wildman–Crippen LogP) is 3.31. The summed E-state index contributed by atoms with van der Waals surface area (Å²) in [5.74, 6) is 2.96. The minimum Gasteiger partial charge on any atom is -0.481 e. The lowest BCUT2D eigenvalue weighted by Crippen LogP contribution is -2.52.